The van der Waals surface area contributed by atoms with Gasteiger partial charge in [-0.05, 0) is 49.9 Å². The van der Waals surface area contributed by atoms with Crippen molar-refractivity contribution in [1.29, 1.82) is 0 Å². The lowest BCUT2D eigenvalue weighted by molar-refractivity contribution is -0.134. The van der Waals surface area contributed by atoms with E-state index in [2.05, 4.69) is 10.2 Å². The summed E-state index contributed by atoms with van der Waals surface area (Å²) in [5.74, 6) is -0.253. The fraction of sp³-hybridized carbons (Fsp3) is 0.533. The number of piperidine rings is 1. The van der Waals surface area contributed by atoms with E-state index >= 15 is 0 Å². The molecule has 3 rings (SSSR count). The molecular formula is C15H18ClFN2O. The predicted molar refractivity (Wildman–Crippen MR) is 76.0 cm³/mol. The first-order valence-electron chi connectivity index (χ1n) is 7.09. The van der Waals surface area contributed by atoms with Crippen molar-refractivity contribution in [2.75, 3.05) is 13.1 Å². The largest absolute Gasteiger partial charge is 0.354 e. The van der Waals surface area contributed by atoms with Crippen LogP contribution in [0.25, 0.3) is 0 Å². The van der Waals surface area contributed by atoms with E-state index in [4.69, 9.17) is 11.6 Å². The van der Waals surface area contributed by atoms with Crippen LogP contribution in [0, 0.1) is 5.82 Å². The fourth-order valence-corrected chi connectivity index (χ4v) is 3.63. The van der Waals surface area contributed by atoms with Crippen LogP contribution in [0.2, 0.25) is 5.02 Å². The Bertz CT molecular complexity index is 537. The summed E-state index contributed by atoms with van der Waals surface area (Å²) in [6.45, 7) is 2.33. The number of benzene rings is 1. The van der Waals surface area contributed by atoms with Crippen LogP contribution in [0.5, 0.6) is 0 Å². The number of rotatable bonds is 2. The lowest BCUT2D eigenvalue weighted by Crippen LogP contribution is -2.58. The van der Waals surface area contributed by atoms with Gasteiger partial charge in [0.25, 0.3) is 0 Å². The third-order valence-electron chi connectivity index (χ3n) is 4.46. The summed E-state index contributed by atoms with van der Waals surface area (Å²) in [5.41, 5.74) is 0.593. The van der Waals surface area contributed by atoms with E-state index in [1.807, 2.05) is 0 Å². The van der Waals surface area contributed by atoms with E-state index < -0.39 is 5.82 Å². The van der Waals surface area contributed by atoms with Crippen molar-refractivity contribution >= 4 is 17.5 Å². The van der Waals surface area contributed by atoms with Gasteiger partial charge in [-0.15, -0.1) is 0 Å². The van der Waals surface area contributed by atoms with Gasteiger partial charge in [0.05, 0.1) is 5.02 Å². The molecule has 0 saturated carbocycles. The normalized spacial score (nSPS) is 27.0. The van der Waals surface area contributed by atoms with Gasteiger partial charge in [0.1, 0.15) is 11.4 Å². The average molecular weight is 297 g/mol. The fourth-order valence-electron chi connectivity index (χ4n) is 3.42. The minimum Gasteiger partial charge on any atom is -0.354 e. The second-order valence-electron chi connectivity index (χ2n) is 5.66. The zero-order chi connectivity index (χ0) is 14.2. The molecule has 0 bridgehead atoms. The number of halogens is 2. The molecular weight excluding hydrogens is 279 g/mol. The van der Waals surface area contributed by atoms with E-state index in [1.165, 1.54) is 6.07 Å². The minimum atomic E-state index is -0.401. The minimum absolute atomic E-state index is 0.142. The highest BCUT2D eigenvalue weighted by Crippen LogP contribution is 2.37. The Balaban J connectivity index is 1.82. The molecule has 0 aromatic heterocycles. The maximum absolute atomic E-state index is 13.2. The van der Waals surface area contributed by atoms with Crippen LogP contribution in [-0.4, -0.2) is 29.4 Å². The third-order valence-corrected chi connectivity index (χ3v) is 4.75. The topological polar surface area (TPSA) is 32.3 Å². The van der Waals surface area contributed by atoms with E-state index in [-0.39, 0.29) is 16.5 Å². The van der Waals surface area contributed by atoms with Crippen LogP contribution < -0.4 is 5.32 Å². The third kappa shape index (κ3) is 2.31. The first kappa shape index (κ1) is 13.8. The van der Waals surface area contributed by atoms with Gasteiger partial charge in [-0.1, -0.05) is 17.7 Å². The second kappa shape index (κ2) is 5.34. The molecule has 2 saturated heterocycles. The molecule has 0 aliphatic carbocycles. The summed E-state index contributed by atoms with van der Waals surface area (Å²) in [6, 6.07) is 4.79. The molecule has 108 valence electrons. The summed E-state index contributed by atoms with van der Waals surface area (Å²) in [5, 5.41) is 3.13. The zero-order valence-electron chi connectivity index (χ0n) is 11.3. The molecule has 3 nitrogen and oxygen atoms in total. The lowest BCUT2D eigenvalue weighted by Gasteiger charge is -2.40. The summed E-state index contributed by atoms with van der Waals surface area (Å²) < 4.78 is 13.2. The van der Waals surface area contributed by atoms with Gasteiger partial charge in [0.15, 0.2) is 0 Å². The SMILES string of the molecule is O=C1NCCCC12CCCN2Cc1ccc(F)c(Cl)c1. The number of amides is 1. The number of hydrogen-bond donors (Lipinski definition) is 1. The van der Waals surface area contributed by atoms with Gasteiger partial charge in [0.2, 0.25) is 5.91 Å². The molecule has 20 heavy (non-hydrogen) atoms. The number of nitrogens with zero attached hydrogens (tertiary/aromatic N) is 1. The van der Waals surface area contributed by atoms with E-state index in [0.717, 1.165) is 44.3 Å². The van der Waals surface area contributed by atoms with Crippen molar-refractivity contribution in [2.24, 2.45) is 0 Å². The smallest absolute Gasteiger partial charge is 0.240 e. The van der Waals surface area contributed by atoms with Crippen LogP contribution in [0.3, 0.4) is 0 Å². The van der Waals surface area contributed by atoms with Crippen LogP contribution in [0.15, 0.2) is 18.2 Å². The highest BCUT2D eigenvalue weighted by molar-refractivity contribution is 6.30. The highest BCUT2D eigenvalue weighted by Gasteiger charge is 2.48. The molecule has 2 fully saturated rings. The van der Waals surface area contributed by atoms with E-state index in [9.17, 15) is 9.18 Å². The van der Waals surface area contributed by atoms with Crippen molar-refractivity contribution in [2.45, 2.75) is 37.8 Å². The Labute approximate surface area is 123 Å². The van der Waals surface area contributed by atoms with Gasteiger partial charge in [-0.3, -0.25) is 9.69 Å². The summed E-state index contributed by atoms with van der Waals surface area (Å²) in [7, 11) is 0. The Morgan fingerprint density at radius 1 is 1.35 bits per heavy atom. The highest BCUT2D eigenvalue weighted by atomic mass is 35.5. The van der Waals surface area contributed by atoms with Gasteiger partial charge in [-0.2, -0.15) is 0 Å². The molecule has 2 aliphatic heterocycles. The van der Waals surface area contributed by atoms with Crippen molar-refractivity contribution < 1.29 is 9.18 Å². The summed E-state index contributed by atoms with van der Waals surface area (Å²) in [4.78, 5) is 14.5. The van der Waals surface area contributed by atoms with Gasteiger partial charge >= 0.3 is 0 Å². The molecule has 0 radical (unpaired) electrons. The molecule has 2 heterocycles. The molecule has 1 spiro atoms. The van der Waals surface area contributed by atoms with E-state index in [1.54, 1.807) is 12.1 Å². The average Bonchev–Trinajstić information content (AvgIpc) is 2.82. The standard InChI is InChI=1S/C15H18ClFN2O/c16-12-9-11(3-4-13(12)17)10-19-8-2-6-15(19)5-1-7-18-14(15)20/h3-4,9H,1-2,5-8,10H2,(H,18,20). The Morgan fingerprint density at radius 3 is 2.90 bits per heavy atom. The maximum Gasteiger partial charge on any atom is 0.240 e. The van der Waals surface area contributed by atoms with Crippen LogP contribution in [-0.2, 0) is 11.3 Å². The lowest BCUT2D eigenvalue weighted by atomic mass is 9.86. The summed E-state index contributed by atoms with van der Waals surface area (Å²) >= 11 is 5.83. The van der Waals surface area contributed by atoms with Gasteiger partial charge in [-0.25, -0.2) is 4.39 Å². The number of likely N-dealkylation sites (tertiary alicyclic amines) is 1. The van der Waals surface area contributed by atoms with Crippen molar-refractivity contribution in [1.82, 2.24) is 10.2 Å². The van der Waals surface area contributed by atoms with Crippen LogP contribution >= 0.6 is 11.6 Å². The van der Waals surface area contributed by atoms with Crippen molar-refractivity contribution in [3.05, 3.63) is 34.6 Å². The van der Waals surface area contributed by atoms with Gasteiger partial charge in [0, 0.05) is 13.1 Å². The molecule has 1 atom stereocenters. The first-order valence-corrected chi connectivity index (χ1v) is 7.47. The van der Waals surface area contributed by atoms with Gasteiger partial charge < -0.3 is 5.32 Å². The molecule has 2 aliphatic rings. The molecule has 1 amide bonds. The Kier molecular flexibility index (Phi) is 3.69. The summed E-state index contributed by atoms with van der Waals surface area (Å²) in [6.07, 6.45) is 3.87. The number of nitrogens with one attached hydrogen (secondary N) is 1. The predicted octanol–water partition coefficient (Wildman–Crippen LogP) is 2.72. The first-order chi connectivity index (χ1) is 9.62. The number of hydrogen-bond acceptors (Lipinski definition) is 2. The maximum atomic E-state index is 13.2. The Morgan fingerprint density at radius 2 is 2.15 bits per heavy atom. The Hall–Kier alpha value is -1.13. The molecule has 1 unspecified atom stereocenters. The molecule has 1 aromatic carbocycles. The monoisotopic (exact) mass is 296 g/mol. The van der Waals surface area contributed by atoms with Crippen LogP contribution in [0.1, 0.15) is 31.2 Å². The molecule has 1 aromatic rings. The van der Waals surface area contributed by atoms with Crippen molar-refractivity contribution in [3.63, 3.8) is 0 Å². The number of carbonyl (C=O) groups is 1. The molecule has 5 heteroatoms. The quantitative estimate of drug-likeness (QED) is 0.910. The molecule has 1 N–H and O–H groups in total. The van der Waals surface area contributed by atoms with E-state index in [0.29, 0.717) is 6.54 Å². The second-order valence-corrected chi connectivity index (χ2v) is 6.07. The van der Waals surface area contributed by atoms with Crippen LogP contribution in [0.4, 0.5) is 4.39 Å². The van der Waals surface area contributed by atoms with Crippen molar-refractivity contribution in [3.8, 4) is 0 Å². The zero-order valence-corrected chi connectivity index (χ0v) is 12.0. The number of carbonyl (C=O) groups excluding carboxylic acids is 1.